The number of thiophene rings is 1. The molecular formula is C20H23N3O3S2. The van der Waals surface area contributed by atoms with Gasteiger partial charge in [-0.3, -0.25) is 4.79 Å². The molecule has 0 fully saturated rings. The Balaban J connectivity index is 2.09. The van der Waals surface area contributed by atoms with Crippen LogP contribution in [0.15, 0.2) is 51.4 Å². The molecule has 148 valence electrons. The van der Waals surface area contributed by atoms with Gasteiger partial charge >= 0.3 is 5.97 Å². The Bertz CT molecular complexity index is 962. The lowest BCUT2D eigenvalue weighted by Crippen LogP contribution is -2.31. The molecule has 2 aromatic rings. The van der Waals surface area contributed by atoms with E-state index in [1.165, 1.54) is 29.2 Å². The first-order valence-corrected chi connectivity index (χ1v) is 10.8. The molecule has 1 atom stereocenters. The minimum Gasteiger partial charge on any atom is -0.458 e. The molecular weight excluding hydrogens is 394 g/mol. The average Bonchev–Trinajstić information content (AvgIpc) is 3.17. The second-order valence-electron chi connectivity index (χ2n) is 6.84. The van der Waals surface area contributed by atoms with E-state index in [0.717, 1.165) is 10.6 Å². The highest BCUT2D eigenvalue weighted by Gasteiger charge is 2.36. The standard InChI is InChI=1S/C20H23N3O3S2/c1-5-8-26-19(25)14-12(4)21-17-16(15(14)13-7-6-9-27-13)18(24)23-20(22-17)28-10-11(2)3/h5-7,9,11,15H,1,8,10H2,2-4H3,(H2,21,22,23,24)/t15-/m0/s1. The zero-order valence-corrected chi connectivity index (χ0v) is 17.7. The number of carbonyl (C=O) groups excluding carboxylic acids is 1. The monoisotopic (exact) mass is 417 g/mol. The van der Waals surface area contributed by atoms with Crippen molar-refractivity contribution in [2.45, 2.75) is 31.8 Å². The van der Waals surface area contributed by atoms with E-state index in [1.54, 1.807) is 6.92 Å². The molecule has 6 nitrogen and oxygen atoms in total. The van der Waals surface area contributed by atoms with Gasteiger partial charge in [0.05, 0.1) is 17.1 Å². The average molecular weight is 418 g/mol. The molecule has 3 rings (SSSR count). The summed E-state index contributed by atoms with van der Waals surface area (Å²) in [6, 6.07) is 3.82. The number of H-pyrrole nitrogens is 1. The maximum Gasteiger partial charge on any atom is 0.337 e. The van der Waals surface area contributed by atoms with E-state index < -0.39 is 11.9 Å². The molecule has 0 amide bonds. The molecule has 8 heteroatoms. The van der Waals surface area contributed by atoms with Gasteiger partial charge in [0.1, 0.15) is 12.4 Å². The Hall–Kier alpha value is -2.32. The predicted molar refractivity (Wildman–Crippen MR) is 114 cm³/mol. The van der Waals surface area contributed by atoms with Crippen molar-refractivity contribution in [1.82, 2.24) is 9.97 Å². The molecule has 2 N–H and O–H groups in total. The van der Waals surface area contributed by atoms with Crippen LogP contribution in [-0.4, -0.2) is 28.3 Å². The number of fused-ring (bicyclic) bond motifs is 1. The van der Waals surface area contributed by atoms with Crippen molar-refractivity contribution in [1.29, 1.82) is 0 Å². The number of aromatic nitrogens is 2. The number of hydrogen-bond donors (Lipinski definition) is 2. The van der Waals surface area contributed by atoms with Crippen molar-refractivity contribution in [3.8, 4) is 0 Å². The fraction of sp³-hybridized carbons (Fsp3) is 0.350. The van der Waals surface area contributed by atoms with Crippen LogP contribution < -0.4 is 10.9 Å². The third-order valence-corrected chi connectivity index (χ3v) is 6.39. The second kappa shape index (κ2) is 8.79. The molecule has 0 spiro atoms. The summed E-state index contributed by atoms with van der Waals surface area (Å²) < 4.78 is 5.29. The van der Waals surface area contributed by atoms with Gasteiger partial charge in [-0.25, -0.2) is 9.78 Å². The van der Waals surface area contributed by atoms with Crippen LogP contribution in [0.5, 0.6) is 0 Å². The maximum atomic E-state index is 13.0. The molecule has 0 bridgehead atoms. The van der Waals surface area contributed by atoms with Gasteiger partial charge in [0, 0.05) is 16.3 Å². The van der Waals surface area contributed by atoms with E-state index in [-0.39, 0.29) is 12.2 Å². The normalized spacial score (nSPS) is 15.9. The van der Waals surface area contributed by atoms with Crippen LogP contribution in [0, 0.1) is 5.92 Å². The number of aromatic amines is 1. The summed E-state index contributed by atoms with van der Waals surface area (Å²) in [6.45, 7) is 9.72. The van der Waals surface area contributed by atoms with E-state index in [4.69, 9.17) is 4.74 Å². The number of ether oxygens (including phenoxy) is 1. The van der Waals surface area contributed by atoms with Crippen LogP contribution >= 0.6 is 23.1 Å². The number of carbonyl (C=O) groups is 1. The largest absolute Gasteiger partial charge is 0.458 e. The SMILES string of the molecule is C=CCOC(=O)C1=C(C)Nc2nc(SCC(C)C)[nH]c(=O)c2[C@H]1c1cccs1. The topological polar surface area (TPSA) is 84.1 Å². The quantitative estimate of drug-likeness (QED) is 0.305. The lowest BCUT2D eigenvalue weighted by Gasteiger charge is -2.27. The summed E-state index contributed by atoms with van der Waals surface area (Å²) in [5, 5.41) is 5.64. The minimum atomic E-state index is -0.519. The number of hydrogen-bond acceptors (Lipinski definition) is 7. The van der Waals surface area contributed by atoms with Gasteiger partial charge in [-0.2, -0.15) is 0 Å². The van der Waals surface area contributed by atoms with Gasteiger partial charge in [-0.15, -0.1) is 11.3 Å². The Morgan fingerprint density at radius 2 is 2.29 bits per heavy atom. The highest BCUT2D eigenvalue weighted by Crippen LogP contribution is 2.41. The number of rotatable bonds is 7. The summed E-state index contributed by atoms with van der Waals surface area (Å²) in [7, 11) is 0. The molecule has 0 aliphatic carbocycles. The molecule has 0 saturated heterocycles. The third kappa shape index (κ3) is 4.23. The number of nitrogens with one attached hydrogen (secondary N) is 2. The molecule has 1 aliphatic heterocycles. The van der Waals surface area contributed by atoms with Gasteiger partial charge in [0.25, 0.3) is 5.56 Å². The van der Waals surface area contributed by atoms with Gasteiger partial charge in [0.15, 0.2) is 5.16 Å². The first-order valence-electron chi connectivity index (χ1n) is 8.98. The first-order chi connectivity index (χ1) is 13.4. The molecule has 2 aromatic heterocycles. The molecule has 0 saturated carbocycles. The molecule has 28 heavy (non-hydrogen) atoms. The summed E-state index contributed by atoms with van der Waals surface area (Å²) in [4.78, 5) is 34.1. The second-order valence-corrected chi connectivity index (χ2v) is 8.83. The van der Waals surface area contributed by atoms with Gasteiger partial charge in [-0.05, 0) is 24.3 Å². The van der Waals surface area contributed by atoms with Crippen molar-refractivity contribution in [2.75, 3.05) is 17.7 Å². The van der Waals surface area contributed by atoms with E-state index in [0.29, 0.717) is 33.7 Å². The lowest BCUT2D eigenvalue weighted by molar-refractivity contribution is -0.138. The highest BCUT2D eigenvalue weighted by molar-refractivity contribution is 7.99. The van der Waals surface area contributed by atoms with E-state index in [1.807, 2.05) is 17.5 Å². The van der Waals surface area contributed by atoms with Gasteiger partial charge < -0.3 is 15.0 Å². The fourth-order valence-electron chi connectivity index (χ4n) is 2.97. The number of thioether (sulfide) groups is 1. The Morgan fingerprint density at radius 3 is 2.93 bits per heavy atom. The first kappa shape index (κ1) is 20.4. The number of anilines is 1. The summed E-state index contributed by atoms with van der Waals surface area (Å²) in [5.74, 6) is 0.835. The van der Waals surface area contributed by atoms with Crippen LogP contribution in [0.3, 0.4) is 0 Å². The van der Waals surface area contributed by atoms with Crippen LogP contribution in [0.25, 0.3) is 0 Å². The molecule has 0 unspecified atom stereocenters. The summed E-state index contributed by atoms with van der Waals surface area (Å²) >= 11 is 3.00. The van der Waals surface area contributed by atoms with Crippen LogP contribution in [0.1, 0.15) is 37.1 Å². The van der Waals surface area contributed by atoms with Crippen molar-refractivity contribution in [2.24, 2.45) is 5.92 Å². The Morgan fingerprint density at radius 1 is 1.50 bits per heavy atom. The smallest absolute Gasteiger partial charge is 0.337 e. The number of allylic oxidation sites excluding steroid dienone is 1. The zero-order valence-electron chi connectivity index (χ0n) is 16.1. The van der Waals surface area contributed by atoms with Gasteiger partial charge in [0.2, 0.25) is 0 Å². The van der Waals surface area contributed by atoms with Crippen LogP contribution in [0.2, 0.25) is 0 Å². The van der Waals surface area contributed by atoms with E-state index >= 15 is 0 Å². The van der Waals surface area contributed by atoms with Crippen LogP contribution in [0.4, 0.5) is 5.82 Å². The van der Waals surface area contributed by atoms with Crippen molar-refractivity contribution >= 4 is 34.9 Å². The lowest BCUT2D eigenvalue weighted by atomic mass is 9.86. The predicted octanol–water partition coefficient (Wildman–Crippen LogP) is 4.14. The third-order valence-electron chi connectivity index (χ3n) is 4.15. The van der Waals surface area contributed by atoms with E-state index in [2.05, 4.69) is 35.7 Å². The molecule has 0 radical (unpaired) electrons. The Labute approximate surface area is 172 Å². The minimum absolute atomic E-state index is 0.110. The van der Waals surface area contributed by atoms with E-state index in [9.17, 15) is 9.59 Å². The Kier molecular flexibility index (Phi) is 6.41. The van der Waals surface area contributed by atoms with Crippen LogP contribution in [-0.2, 0) is 9.53 Å². The summed E-state index contributed by atoms with van der Waals surface area (Å²) in [5.41, 5.74) is 1.25. The fourth-order valence-corrected chi connectivity index (χ4v) is 4.62. The zero-order chi connectivity index (χ0) is 20.3. The summed E-state index contributed by atoms with van der Waals surface area (Å²) in [6.07, 6.45) is 1.52. The maximum absolute atomic E-state index is 13.0. The molecule has 3 heterocycles. The van der Waals surface area contributed by atoms with Gasteiger partial charge in [-0.1, -0.05) is 44.3 Å². The molecule has 1 aliphatic rings. The van der Waals surface area contributed by atoms with Crippen molar-refractivity contribution in [3.05, 3.63) is 62.2 Å². The highest BCUT2D eigenvalue weighted by atomic mass is 32.2. The number of nitrogens with zero attached hydrogens (tertiary/aromatic N) is 1. The molecule has 0 aromatic carbocycles. The van der Waals surface area contributed by atoms with Crippen molar-refractivity contribution in [3.63, 3.8) is 0 Å². The number of esters is 1. The van der Waals surface area contributed by atoms with Crippen molar-refractivity contribution < 1.29 is 9.53 Å².